The Bertz CT molecular complexity index is 754. The number of carbonyl (C=O) groups excluding carboxylic acids is 2. The van der Waals surface area contributed by atoms with E-state index in [1.165, 1.54) is 0 Å². The fourth-order valence-corrected chi connectivity index (χ4v) is 3.08. The molecule has 2 amide bonds. The summed E-state index contributed by atoms with van der Waals surface area (Å²) in [6, 6.07) is 15.0. The van der Waals surface area contributed by atoms with E-state index < -0.39 is 0 Å². The van der Waals surface area contributed by atoms with Crippen molar-refractivity contribution in [1.82, 2.24) is 5.32 Å². The fraction of sp³-hybridized carbons (Fsp3) is 0.263. The number of benzene rings is 2. The Morgan fingerprint density at radius 2 is 1.75 bits per heavy atom. The van der Waals surface area contributed by atoms with E-state index in [1.54, 1.807) is 0 Å². The average molecular weight is 434 g/mol. The van der Waals surface area contributed by atoms with Crippen molar-refractivity contribution >= 4 is 40.1 Å². The number of amides is 2. The van der Waals surface area contributed by atoms with Crippen molar-refractivity contribution in [2.75, 3.05) is 5.32 Å². The van der Waals surface area contributed by atoms with Gasteiger partial charge in [0.25, 0.3) is 5.91 Å². The largest absolute Gasteiger partial charge is 0.345 e. The highest BCUT2D eigenvalue weighted by Crippen LogP contribution is 2.30. The van der Waals surface area contributed by atoms with Crippen molar-refractivity contribution in [2.45, 2.75) is 25.8 Å². The molecule has 1 atom stereocenters. The van der Waals surface area contributed by atoms with Gasteiger partial charge in [-0.3, -0.25) is 9.59 Å². The van der Waals surface area contributed by atoms with E-state index in [0.717, 1.165) is 27.7 Å². The van der Waals surface area contributed by atoms with Gasteiger partial charge in [0.1, 0.15) is 0 Å². The number of rotatable bonds is 5. The van der Waals surface area contributed by atoms with Gasteiger partial charge in [0, 0.05) is 15.2 Å². The van der Waals surface area contributed by atoms with E-state index in [2.05, 4.69) is 33.2 Å². The van der Waals surface area contributed by atoms with Gasteiger partial charge in [-0.2, -0.15) is 0 Å². The van der Waals surface area contributed by atoms with Crippen LogP contribution in [-0.2, 0) is 4.79 Å². The summed E-state index contributed by atoms with van der Waals surface area (Å²) in [7, 11) is 0. The van der Waals surface area contributed by atoms with Crippen molar-refractivity contribution < 1.29 is 9.59 Å². The Kier molecular flexibility index (Phi) is 5.18. The van der Waals surface area contributed by atoms with Crippen LogP contribution in [0.25, 0.3) is 0 Å². The predicted molar refractivity (Wildman–Crippen MR) is 103 cm³/mol. The van der Waals surface area contributed by atoms with Gasteiger partial charge in [-0.15, -0.1) is 0 Å². The van der Waals surface area contributed by atoms with E-state index in [9.17, 15) is 9.59 Å². The van der Waals surface area contributed by atoms with Gasteiger partial charge in [-0.25, -0.2) is 0 Å². The summed E-state index contributed by atoms with van der Waals surface area (Å²) in [6.45, 7) is 1.95. The molecule has 1 saturated carbocycles. The van der Waals surface area contributed by atoms with Crippen LogP contribution in [0, 0.1) is 9.49 Å². The lowest BCUT2D eigenvalue weighted by atomic mass is 10.1. The van der Waals surface area contributed by atoms with Gasteiger partial charge in [0.15, 0.2) is 0 Å². The molecule has 1 aliphatic carbocycles. The zero-order valence-corrected chi connectivity index (χ0v) is 15.5. The van der Waals surface area contributed by atoms with Crippen LogP contribution in [0.5, 0.6) is 0 Å². The molecule has 0 heterocycles. The molecular formula is C19H19IN2O2. The summed E-state index contributed by atoms with van der Waals surface area (Å²) in [5, 5.41) is 5.93. The number of anilines is 1. The Morgan fingerprint density at radius 1 is 1.08 bits per heavy atom. The number of hydrogen-bond acceptors (Lipinski definition) is 2. The number of hydrogen-bond donors (Lipinski definition) is 2. The third-order valence-corrected chi connectivity index (χ3v) is 5.03. The second kappa shape index (κ2) is 7.34. The molecule has 1 unspecified atom stereocenters. The second-order valence-electron chi connectivity index (χ2n) is 6.06. The van der Waals surface area contributed by atoms with Crippen molar-refractivity contribution in [1.29, 1.82) is 0 Å². The van der Waals surface area contributed by atoms with Crippen LogP contribution in [0.4, 0.5) is 5.69 Å². The van der Waals surface area contributed by atoms with Crippen LogP contribution in [0.3, 0.4) is 0 Å². The number of halogens is 1. The quantitative estimate of drug-likeness (QED) is 0.696. The van der Waals surface area contributed by atoms with Gasteiger partial charge in [0.2, 0.25) is 5.91 Å². The Balaban J connectivity index is 1.62. The van der Waals surface area contributed by atoms with E-state index in [4.69, 9.17) is 0 Å². The predicted octanol–water partition coefficient (Wildman–Crippen LogP) is 4.13. The van der Waals surface area contributed by atoms with Crippen LogP contribution in [-0.4, -0.2) is 11.8 Å². The normalized spacial score (nSPS) is 14.8. The molecule has 4 nitrogen and oxygen atoms in total. The maximum absolute atomic E-state index is 12.4. The van der Waals surface area contributed by atoms with Crippen LogP contribution in [0.2, 0.25) is 0 Å². The van der Waals surface area contributed by atoms with Gasteiger partial charge in [0.05, 0.1) is 11.6 Å². The lowest BCUT2D eigenvalue weighted by Gasteiger charge is -2.15. The van der Waals surface area contributed by atoms with E-state index in [0.29, 0.717) is 5.56 Å². The van der Waals surface area contributed by atoms with Gasteiger partial charge >= 0.3 is 0 Å². The smallest absolute Gasteiger partial charge is 0.252 e. The van der Waals surface area contributed by atoms with Crippen LogP contribution >= 0.6 is 22.6 Å². The molecule has 3 rings (SSSR count). The molecule has 0 saturated heterocycles. The average Bonchev–Trinajstić information content (AvgIpc) is 3.40. The lowest BCUT2D eigenvalue weighted by molar-refractivity contribution is -0.117. The Morgan fingerprint density at radius 3 is 2.38 bits per heavy atom. The zero-order chi connectivity index (χ0) is 17.1. The highest BCUT2D eigenvalue weighted by molar-refractivity contribution is 14.1. The van der Waals surface area contributed by atoms with Crippen LogP contribution < -0.4 is 10.6 Å². The molecule has 24 heavy (non-hydrogen) atoms. The molecule has 5 heteroatoms. The highest BCUT2D eigenvalue weighted by Gasteiger charge is 2.29. The minimum Gasteiger partial charge on any atom is -0.345 e. The fourth-order valence-electron chi connectivity index (χ4n) is 2.45. The van der Waals surface area contributed by atoms with E-state index in [-0.39, 0.29) is 23.8 Å². The first-order chi connectivity index (χ1) is 11.5. The molecule has 1 aliphatic rings. The van der Waals surface area contributed by atoms with Crippen molar-refractivity contribution in [3.05, 3.63) is 63.2 Å². The molecule has 2 N–H and O–H groups in total. The summed E-state index contributed by atoms with van der Waals surface area (Å²) in [4.78, 5) is 24.1. The molecule has 1 fully saturated rings. The van der Waals surface area contributed by atoms with Crippen LogP contribution in [0.1, 0.15) is 41.7 Å². The first-order valence-corrected chi connectivity index (χ1v) is 9.08. The summed E-state index contributed by atoms with van der Waals surface area (Å²) in [5.74, 6) is 0.206. The highest BCUT2D eigenvalue weighted by atomic mass is 127. The molecule has 2 aromatic rings. The maximum atomic E-state index is 12.4. The second-order valence-corrected chi connectivity index (χ2v) is 7.22. The molecule has 124 valence electrons. The molecule has 2 aromatic carbocycles. The van der Waals surface area contributed by atoms with Gasteiger partial charge in [-0.1, -0.05) is 24.3 Å². The first kappa shape index (κ1) is 17.0. The van der Waals surface area contributed by atoms with E-state index in [1.807, 2.05) is 55.5 Å². The molecule has 0 spiro atoms. The minimum atomic E-state index is -0.110. The summed E-state index contributed by atoms with van der Waals surface area (Å²) in [5.41, 5.74) is 2.48. The SMILES string of the molecule is CC(NC(=O)c1ccccc1I)c1ccc(NC(=O)C2CC2)cc1. The Hall–Kier alpha value is -1.89. The summed E-state index contributed by atoms with van der Waals surface area (Å²) in [6.07, 6.45) is 1.98. The maximum Gasteiger partial charge on any atom is 0.252 e. The van der Waals surface area contributed by atoms with Crippen LogP contribution in [0.15, 0.2) is 48.5 Å². The number of nitrogens with one attached hydrogen (secondary N) is 2. The third kappa shape index (κ3) is 4.14. The van der Waals surface area contributed by atoms with Gasteiger partial charge < -0.3 is 10.6 Å². The minimum absolute atomic E-state index is 0.0846. The molecule has 0 radical (unpaired) electrons. The summed E-state index contributed by atoms with van der Waals surface area (Å²) >= 11 is 2.16. The molecule has 0 bridgehead atoms. The Labute approximate surface area is 155 Å². The molecule has 0 aliphatic heterocycles. The van der Waals surface area contributed by atoms with Crippen molar-refractivity contribution in [3.8, 4) is 0 Å². The van der Waals surface area contributed by atoms with E-state index >= 15 is 0 Å². The summed E-state index contributed by atoms with van der Waals surface area (Å²) < 4.78 is 0.929. The topological polar surface area (TPSA) is 58.2 Å². The third-order valence-electron chi connectivity index (χ3n) is 4.09. The first-order valence-electron chi connectivity index (χ1n) is 8.01. The molecular weight excluding hydrogens is 415 g/mol. The standard InChI is InChI=1S/C19H19IN2O2/c1-12(21-19(24)16-4-2-3-5-17(16)20)13-8-10-15(11-9-13)22-18(23)14-6-7-14/h2-5,8-12,14H,6-7H2,1H3,(H,21,24)(H,22,23). The van der Waals surface area contributed by atoms with Gasteiger partial charge in [-0.05, 0) is 72.2 Å². The number of carbonyl (C=O) groups is 2. The van der Waals surface area contributed by atoms with Crippen molar-refractivity contribution in [2.24, 2.45) is 5.92 Å². The monoisotopic (exact) mass is 434 g/mol. The molecule has 0 aromatic heterocycles. The zero-order valence-electron chi connectivity index (χ0n) is 13.4. The lowest BCUT2D eigenvalue weighted by Crippen LogP contribution is -2.27. The van der Waals surface area contributed by atoms with Crippen molar-refractivity contribution in [3.63, 3.8) is 0 Å².